The highest BCUT2D eigenvalue weighted by Gasteiger charge is 2.20. The van der Waals surface area contributed by atoms with Gasteiger partial charge in [0.1, 0.15) is 12.7 Å². The lowest BCUT2D eigenvalue weighted by molar-refractivity contribution is -0.152. The summed E-state index contributed by atoms with van der Waals surface area (Å²) in [6, 6.07) is 0. The molecule has 0 heterocycles. The first kappa shape index (κ1) is 41.9. The Hall–Kier alpha value is -1.14. The first-order valence-corrected chi connectivity index (χ1v) is 18.7. The number of carbonyl (C=O) groups is 2. The highest BCUT2D eigenvalue weighted by molar-refractivity contribution is 5.72. The van der Waals surface area contributed by atoms with Crippen molar-refractivity contribution in [2.24, 2.45) is 5.92 Å². The molecule has 0 spiro atoms. The van der Waals surface area contributed by atoms with E-state index in [0.717, 1.165) is 51.4 Å². The van der Waals surface area contributed by atoms with Crippen molar-refractivity contribution in [3.05, 3.63) is 0 Å². The van der Waals surface area contributed by atoms with Gasteiger partial charge in [0, 0.05) is 6.42 Å². The number of carbonyl (C=O) groups excluding carboxylic acids is 1. The van der Waals surface area contributed by atoms with Crippen molar-refractivity contribution in [1.82, 2.24) is 0 Å². The van der Waals surface area contributed by atoms with Crippen molar-refractivity contribution in [3.8, 4) is 0 Å². The van der Waals surface area contributed by atoms with Gasteiger partial charge in [0.15, 0.2) is 0 Å². The summed E-state index contributed by atoms with van der Waals surface area (Å²) >= 11 is 0. The van der Waals surface area contributed by atoms with Crippen LogP contribution in [0.15, 0.2) is 0 Å². The molecule has 43 heavy (non-hydrogen) atoms. The van der Waals surface area contributed by atoms with Gasteiger partial charge in [0.2, 0.25) is 0 Å². The quantitative estimate of drug-likeness (QED) is 0.0486. The summed E-state index contributed by atoms with van der Waals surface area (Å²) < 4.78 is 5.33. The summed E-state index contributed by atoms with van der Waals surface area (Å²) in [5.74, 6) is -0.978. The number of rotatable bonds is 35. The first-order chi connectivity index (χ1) is 21.0. The van der Waals surface area contributed by atoms with E-state index in [9.17, 15) is 14.7 Å². The molecule has 0 aromatic rings. The first-order valence-electron chi connectivity index (χ1n) is 18.7. The van der Waals surface area contributed by atoms with Crippen LogP contribution in [0.25, 0.3) is 0 Å². The van der Waals surface area contributed by atoms with Crippen molar-refractivity contribution in [3.63, 3.8) is 0 Å². The zero-order valence-corrected chi connectivity index (χ0v) is 28.3. The normalized spacial score (nSPS) is 12.8. The molecule has 0 aliphatic rings. The minimum Gasteiger partial charge on any atom is -0.481 e. The third-order valence-corrected chi connectivity index (χ3v) is 8.81. The van der Waals surface area contributed by atoms with Crippen molar-refractivity contribution < 1.29 is 29.6 Å². The maximum absolute atomic E-state index is 12.7. The van der Waals surface area contributed by atoms with Crippen LogP contribution in [0.4, 0.5) is 0 Å². The Bertz CT molecular complexity index is 596. The van der Waals surface area contributed by atoms with E-state index in [2.05, 4.69) is 6.92 Å². The second-order valence-corrected chi connectivity index (χ2v) is 13.1. The van der Waals surface area contributed by atoms with Crippen LogP contribution < -0.4 is 0 Å². The molecule has 0 saturated heterocycles. The van der Waals surface area contributed by atoms with E-state index >= 15 is 0 Å². The summed E-state index contributed by atoms with van der Waals surface area (Å²) in [5, 5.41) is 27.3. The molecule has 0 rings (SSSR count). The summed E-state index contributed by atoms with van der Waals surface area (Å²) in [6.07, 6.45) is 34.9. The molecule has 3 N–H and O–H groups in total. The number of ether oxygens (including phenoxy) is 1. The summed E-state index contributed by atoms with van der Waals surface area (Å²) in [5.41, 5.74) is 0. The number of carboxylic acids is 1. The van der Waals surface area contributed by atoms with Crippen LogP contribution >= 0.6 is 0 Å². The molecule has 0 saturated carbocycles. The molecule has 0 aliphatic carbocycles. The maximum atomic E-state index is 12.7. The van der Waals surface area contributed by atoms with Gasteiger partial charge < -0.3 is 20.1 Å². The molecule has 0 fully saturated rings. The number of aliphatic hydroxyl groups excluding tert-OH is 2. The van der Waals surface area contributed by atoms with Gasteiger partial charge in [0.25, 0.3) is 0 Å². The highest BCUT2D eigenvalue weighted by Crippen LogP contribution is 2.22. The highest BCUT2D eigenvalue weighted by atomic mass is 16.5. The third-order valence-electron chi connectivity index (χ3n) is 8.81. The predicted octanol–water partition coefficient (Wildman–Crippen LogP) is 10.3. The average molecular weight is 613 g/mol. The lowest BCUT2D eigenvalue weighted by atomic mass is 9.94. The molecule has 6 nitrogen and oxygen atoms in total. The monoisotopic (exact) mass is 613 g/mol. The van der Waals surface area contributed by atoms with Gasteiger partial charge in [-0.05, 0) is 19.3 Å². The number of carboxylic acid groups (broad SMARTS) is 1. The second kappa shape index (κ2) is 33.7. The van der Waals surface area contributed by atoms with Crippen LogP contribution in [-0.4, -0.2) is 46.6 Å². The fourth-order valence-corrected chi connectivity index (χ4v) is 5.93. The molecule has 2 atom stereocenters. The van der Waals surface area contributed by atoms with Crippen molar-refractivity contribution in [2.45, 2.75) is 206 Å². The molecule has 0 bridgehead atoms. The molecule has 256 valence electrons. The minimum absolute atomic E-state index is 0.0904. The zero-order valence-electron chi connectivity index (χ0n) is 28.3. The average Bonchev–Trinajstić information content (AvgIpc) is 3.00. The van der Waals surface area contributed by atoms with Crippen molar-refractivity contribution in [2.75, 3.05) is 13.2 Å². The van der Waals surface area contributed by atoms with Gasteiger partial charge in [-0.2, -0.15) is 0 Å². The van der Waals surface area contributed by atoms with Crippen LogP contribution in [0, 0.1) is 5.92 Å². The SMILES string of the molecule is CCCCCCCCCCCCCCCCC(CCCCCCCCCCCCCCCC(=O)O)C(=O)OCC(O)CO. The van der Waals surface area contributed by atoms with Crippen LogP contribution in [0.5, 0.6) is 0 Å². The molecule has 0 aliphatic heterocycles. The van der Waals surface area contributed by atoms with E-state index in [1.54, 1.807) is 0 Å². The van der Waals surface area contributed by atoms with Crippen LogP contribution in [0.3, 0.4) is 0 Å². The Labute approximate surface area is 266 Å². The standard InChI is InChI=1S/C37H72O6/c1-2-3-4-5-6-7-8-9-11-14-17-20-23-26-29-34(37(42)43-33-35(39)32-38)30-27-24-21-18-15-12-10-13-16-19-22-25-28-31-36(40)41/h34-35,38-39H,2-33H2,1H3,(H,40,41). The molecule has 0 aromatic carbocycles. The van der Waals surface area contributed by atoms with Crippen LogP contribution in [-0.2, 0) is 14.3 Å². The maximum Gasteiger partial charge on any atom is 0.309 e. The Morgan fingerprint density at radius 1 is 0.535 bits per heavy atom. The van der Waals surface area contributed by atoms with Gasteiger partial charge in [-0.25, -0.2) is 0 Å². The molecular weight excluding hydrogens is 540 g/mol. The van der Waals surface area contributed by atoms with Gasteiger partial charge in [-0.3, -0.25) is 9.59 Å². The molecule has 2 unspecified atom stereocenters. The number of unbranched alkanes of at least 4 members (excludes halogenated alkanes) is 25. The fourth-order valence-electron chi connectivity index (χ4n) is 5.93. The van der Waals surface area contributed by atoms with E-state index in [1.165, 1.54) is 135 Å². The predicted molar refractivity (Wildman–Crippen MR) is 179 cm³/mol. The van der Waals surface area contributed by atoms with E-state index in [0.29, 0.717) is 6.42 Å². The largest absolute Gasteiger partial charge is 0.481 e. The van der Waals surface area contributed by atoms with Crippen LogP contribution in [0.1, 0.15) is 200 Å². The zero-order chi connectivity index (χ0) is 31.6. The van der Waals surface area contributed by atoms with E-state index < -0.39 is 12.1 Å². The number of aliphatic carboxylic acids is 1. The molecule has 6 heteroatoms. The van der Waals surface area contributed by atoms with Crippen molar-refractivity contribution in [1.29, 1.82) is 0 Å². The van der Waals surface area contributed by atoms with E-state index in [-0.39, 0.29) is 25.1 Å². The topological polar surface area (TPSA) is 104 Å². The van der Waals surface area contributed by atoms with Gasteiger partial charge in [0.05, 0.1) is 12.5 Å². The molecule has 0 amide bonds. The Morgan fingerprint density at radius 2 is 0.860 bits per heavy atom. The Kier molecular flexibility index (Phi) is 32.9. The summed E-state index contributed by atoms with van der Waals surface area (Å²) in [7, 11) is 0. The van der Waals surface area contributed by atoms with Gasteiger partial charge in [-0.15, -0.1) is 0 Å². The number of aliphatic hydroxyl groups is 2. The second-order valence-electron chi connectivity index (χ2n) is 13.1. The number of esters is 1. The van der Waals surface area contributed by atoms with Crippen molar-refractivity contribution >= 4 is 11.9 Å². The molecule has 0 aromatic heterocycles. The third kappa shape index (κ3) is 32.1. The smallest absolute Gasteiger partial charge is 0.309 e. The van der Waals surface area contributed by atoms with Gasteiger partial charge in [-0.1, -0.05) is 174 Å². The molecular formula is C37H72O6. The number of hydrogen-bond donors (Lipinski definition) is 3. The summed E-state index contributed by atoms with van der Waals surface area (Å²) in [4.78, 5) is 23.2. The minimum atomic E-state index is -0.991. The lowest BCUT2D eigenvalue weighted by Crippen LogP contribution is -2.25. The van der Waals surface area contributed by atoms with Gasteiger partial charge >= 0.3 is 11.9 Å². The van der Waals surface area contributed by atoms with E-state index in [4.69, 9.17) is 14.9 Å². The van der Waals surface area contributed by atoms with E-state index in [1.807, 2.05) is 0 Å². The Balaban J connectivity index is 3.86. The lowest BCUT2D eigenvalue weighted by Gasteiger charge is -2.17. The Morgan fingerprint density at radius 3 is 1.19 bits per heavy atom. The summed E-state index contributed by atoms with van der Waals surface area (Å²) in [6.45, 7) is 1.77. The van der Waals surface area contributed by atoms with Crippen LogP contribution in [0.2, 0.25) is 0 Å². The molecule has 0 radical (unpaired) electrons. The fraction of sp³-hybridized carbons (Fsp3) is 0.946. The number of hydrogen-bond acceptors (Lipinski definition) is 5.